The van der Waals surface area contributed by atoms with E-state index >= 15 is 0 Å². The molecule has 4 rings (SSSR count). The Hall–Kier alpha value is -0.800. The smallest absolute Gasteiger partial charge is 0.0501 e. The second-order valence-corrected chi connectivity index (χ2v) is 6.23. The minimum Gasteiger partial charge on any atom is -0.346 e. The molecule has 0 saturated carbocycles. The Labute approximate surface area is 109 Å². The van der Waals surface area contributed by atoms with Crippen molar-refractivity contribution in [3.63, 3.8) is 0 Å². The molecule has 3 heteroatoms. The summed E-state index contributed by atoms with van der Waals surface area (Å²) in [4.78, 5) is 2.69. The van der Waals surface area contributed by atoms with Gasteiger partial charge in [-0.3, -0.25) is 4.90 Å². The highest BCUT2D eigenvalue weighted by Crippen LogP contribution is 2.39. The number of nitrogens with two attached hydrogens (primary N) is 1. The summed E-state index contributed by atoms with van der Waals surface area (Å²) >= 11 is 0. The standard InChI is InChI=1S/C15H23N3/c16-12-3-1-4-13-11(12)6-10-18(13)15-7-9-17-8-2-5-14(15)17/h6,10,12,14-15H,1-5,7-9,16H2. The van der Waals surface area contributed by atoms with E-state index in [9.17, 15) is 0 Å². The fourth-order valence-electron chi connectivity index (χ4n) is 4.44. The maximum atomic E-state index is 6.24. The van der Waals surface area contributed by atoms with Gasteiger partial charge in [-0.2, -0.15) is 0 Å². The van der Waals surface area contributed by atoms with E-state index in [2.05, 4.69) is 21.7 Å². The summed E-state index contributed by atoms with van der Waals surface area (Å²) in [6.45, 7) is 2.62. The van der Waals surface area contributed by atoms with Gasteiger partial charge in [-0.15, -0.1) is 0 Å². The summed E-state index contributed by atoms with van der Waals surface area (Å²) in [5.41, 5.74) is 9.22. The maximum absolute atomic E-state index is 6.24. The van der Waals surface area contributed by atoms with Gasteiger partial charge in [-0.25, -0.2) is 0 Å². The average Bonchev–Trinajstić information content (AvgIpc) is 3.01. The molecule has 2 N–H and O–H groups in total. The van der Waals surface area contributed by atoms with E-state index in [1.54, 1.807) is 5.69 Å². The molecule has 0 radical (unpaired) electrons. The fraction of sp³-hybridized carbons (Fsp3) is 0.733. The van der Waals surface area contributed by atoms with E-state index < -0.39 is 0 Å². The van der Waals surface area contributed by atoms with Crippen LogP contribution >= 0.6 is 0 Å². The molecule has 3 heterocycles. The van der Waals surface area contributed by atoms with Crippen LogP contribution < -0.4 is 5.73 Å². The first-order chi connectivity index (χ1) is 8.84. The lowest BCUT2D eigenvalue weighted by Crippen LogP contribution is -2.28. The number of aromatic nitrogens is 1. The van der Waals surface area contributed by atoms with E-state index in [0.717, 1.165) is 18.5 Å². The van der Waals surface area contributed by atoms with Crippen molar-refractivity contribution < 1.29 is 0 Å². The molecule has 3 unspecified atom stereocenters. The molecule has 98 valence electrons. The van der Waals surface area contributed by atoms with E-state index in [-0.39, 0.29) is 6.04 Å². The molecule has 2 aliphatic heterocycles. The first kappa shape index (κ1) is 11.1. The Morgan fingerprint density at radius 3 is 2.94 bits per heavy atom. The lowest BCUT2D eigenvalue weighted by Gasteiger charge is -2.27. The van der Waals surface area contributed by atoms with Crippen molar-refractivity contribution in [1.82, 2.24) is 9.47 Å². The van der Waals surface area contributed by atoms with Crippen LogP contribution in [0.3, 0.4) is 0 Å². The highest BCUT2D eigenvalue weighted by molar-refractivity contribution is 5.29. The summed E-state index contributed by atoms with van der Waals surface area (Å²) in [6.07, 6.45) is 10.1. The third kappa shape index (κ3) is 1.50. The number of hydrogen-bond acceptors (Lipinski definition) is 2. The highest BCUT2D eigenvalue weighted by Gasteiger charge is 2.39. The first-order valence-electron chi connectivity index (χ1n) is 7.54. The number of nitrogens with zero attached hydrogens (tertiary/aromatic N) is 2. The minimum absolute atomic E-state index is 0.288. The van der Waals surface area contributed by atoms with Gasteiger partial charge in [0.1, 0.15) is 0 Å². The Morgan fingerprint density at radius 1 is 1.06 bits per heavy atom. The summed E-state index contributed by atoms with van der Waals surface area (Å²) in [5, 5.41) is 0. The molecule has 2 fully saturated rings. The van der Waals surface area contributed by atoms with Gasteiger partial charge in [0.05, 0.1) is 6.04 Å². The van der Waals surface area contributed by atoms with Gasteiger partial charge < -0.3 is 10.3 Å². The Bertz CT molecular complexity index is 451. The lowest BCUT2D eigenvalue weighted by molar-refractivity contribution is 0.287. The molecule has 0 bridgehead atoms. The van der Waals surface area contributed by atoms with E-state index in [0.29, 0.717) is 0 Å². The van der Waals surface area contributed by atoms with Crippen LogP contribution in [0.5, 0.6) is 0 Å². The summed E-state index contributed by atoms with van der Waals surface area (Å²) in [7, 11) is 0. The zero-order valence-electron chi connectivity index (χ0n) is 11.0. The lowest BCUT2D eigenvalue weighted by atomic mass is 9.93. The van der Waals surface area contributed by atoms with Crippen molar-refractivity contribution in [3.05, 3.63) is 23.5 Å². The minimum atomic E-state index is 0.288. The zero-order valence-corrected chi connectivity index (χ0v) is 11.0. The van der Waals surface area contributed by atoms with Gasteiger partial charge in [0.25, 0.3) is 0 Å². The van der Waals surface area contributed by atoms with Crippen LogP contribution in [0.4, 0.5) is 0 Å². The quantitative estimate of drug-likeness (QED) is 0.823. The van der Waals surface area contributed by atoms with Gasteiger partial charge in [0.2, 0.25) is 0 Å². The maximum Gasteiger partial charge on any atom is 0.0501 e. The van der Waals surface area contributed by atoms with Crippen molar-refractivity contribution in [2.75, 3.05) is 13.1 Å². The van der Waals surface area contributed by atoms with Crippen molar-refractivity contribution in [1.29, 1.82) is 0 Å². The summed E-state index contributed by atoms with van der Waals surface area (Å²) in [6, 6.07) is 4.11. The normalized spacial score (nSPS) is 35.7. The summed E-state index contributed by atoms with van der Waals surface area (Å²) < 4.78 is 2.59. The molecular weight excluding hydrogens is 222 g/mol. The van der Waals surface area contributed by atoms with Crippen LogP contribution in [-0.4, -0.2) is 28.6 Å². The van der Waals surface area contributed by atoms with Crippen LogP contribution in [-0.2, 0) is 6.42 Å². The summed E-state index contributed by atoms with van der Waals surface area (Å²) in [5.74, 6) is 0. The van der Waals surface area contributed by atoms with Crippen molar-refractivity contribution in [2.45, 2.75) is 56.7 Å². The van der Waals surface area contributed by atoms with Crippen molar-refractivity contribution >= 4 is 0 Å². The highest BCUT2D eigenvalue weighted by atomic mass is 15.3. The van der Waals surface area contributed by atoms with Crippen LogP contribution in [0.25, 0.3) is 0 Å². The Kier molecular flexibility index (Phi) is 2.52. The second kappa shape index (κ2) is 4.10. The SMILES string of the molecule is NC1CCCc2c1ccn2C1CCN2CCCC12. The van der Waals surface area contributed by atoms with Crippen LogP contribution in [0.1, 0.15) is 55.4 Å². The molecule has 0 spiro atoms. The van der Waals surface area contributed by atoms with E-state index in [4.69, 9.17) is 5.73 Å². The van der Waals surface area contributed by atoms with E-state index in [1.165, 1.54) is 50.8 Å². The van der Waals surface area contributed by atoms with Gasteiger partial charge >= 0.3 is 0 Å². The monoisotopic (exact) mass is 245 g/mol. The zero-order chi connectivity index (χ0) is 12.1. The van der Waals surface area contributed by atoms with Gasteiger partial charge in [0.15, 0.2) is 0 Å². The molecule has 1 aliphatic carbocycles. The number of fused-ring (bicyclic) bond motifs is 2. The van der Waals surface area contributed by atoms with E-state index in [1.807, 2.05) is 0 Å². The van der Waals surface area contributed by atoms with Crippen molar-refractivity contribution in [2.24, 2.45) is 5.73 Å². The van der Waals surface area contributed by atoms with Crippen LogP contribution in [0, 0.1) is 0 Å². The van der Waals surface area contributed by atoms with Crippen molar-refractivity contribution in [3.8, 4) is 0 Å². The molecule has 1 aromatic rings. The molecule has 3 nitrogen and oxygen atoms in total. The number of rotatable bonds is 1. The third-order valence-corrected chi connectivity index (χ3v) is 5.32. The molecule has 3 aliphatic rings. The molecule has 0 amide bonds. The third-order valence-electron chi connectivity index (χ3n) is 5.32. The second-order valence-electron chi connectivity index (χ2n) is 6.23. The first-order valence-corrected chi connectivity index (χ1v) is 7.54. The van der Waals surface area contributed by atoms with Gasteiger partial charge in [0, 0.05) is 30.5 Å². The predicted octanol–water partition coefficient (Wildman–Crippen LogP) is 2.23. The Morgan fingerprint density at radius 2 is 2.00 bits per heavy atom. The molecule has 1 aromatic heterocycles. The predicted molar refractivity (Wildman–Crippen MR) is 72.5 cm³/mol. The van der Waals surface area contributed by atoms with Crippen LogP contribution in [0.15, 0.2) is 12.3 Å². The number of hydrogen-bond donors (Lipinski definition) is 1. The molecule has 0 aromatic carbocycles. The van der Waals surface area contributed by atoms with Crippen LogP contribution in [0.2, 0.25) is 0 Å². The van der Waals surface area contributed by atoms with Gasteiger partial charge in [-0.05, 0) is 56.7 Å². The van der Waals surface area contributed by atoms with Gasteiger partial charge in [-0.1, -0.05) is 0 Å². The molecule has 3 atom stereocenters. The Balaban J connectivity index is 1.69. The molecule has 18 heavy (non-hydrogen) atoms. The molecular formula is C15H23N3. The average molecular weight is 245 g/mol. The largest absolute Gasteiger partial charge is 0.346 e. The topological polar surface area (TPSA) is 34.2 Å². The molecule has 2 saturated heterocycles. The fourth-order valence-corrected chi connectivity index (χ4v) is 4.44.